The SMILES string of the molecule is COC(=O)NCCCn1nc([C@@H](C)N(C(=O)[C@H]2CC[C@@H](CF)CO2)C2CC2)c2ccc(C)nc21.COC(=O)NCCCn1nc([C@@H](C)N(C(=O)[C@H]2CN(Cc3ccccc3)[C@@H](CF)CO2)C2CC2)c2ccc(C)nc21.COC(=O)NCCCn1nc([C@@H](C)N(C(=O)[C@H]2CN(Cc3ccccc3)[C@@H](CO)CO2)C2CC2)c2ccc(C)nc21. The molecule has 3 aliphatic carbocycles. The number of pyridine rings is 3. The number of methoxy groups -OCH3 is 3. The number of rotatable bonds is 31. The number of ether oxygens (including phenoxy) is 6. The van der Waals surface area contributed by atoms with E-state index < -0.39 is 49.9 Å². The summed E-state index contributed by atoms with van der Waals surface area (Å²) in [5.41, 5.74) is 9.53. The lowest BCUT2D eigenvalue weighted by molar-refractivity contribution is -0.158. The van der Waals surface area contributed by atoms with Crippen molar-refractivity contribution in [1.29, 1.82) is 0 Å². The van der Waals surface area contributed by atoms with Crippen molar-refractivity contribution in [2.45, 2.75) is 212 Å². The van der Waals surface area contributed by atoms with E-state index in [1.165, 1.54) is 21.3 Å². The number of aryl methyl sites for hydroxylation is 6. The summed E-state index contributed by atoms with van der Waals surface area (Å²) in [6.07, 6.45) is 5.63. The van der Waals surface area contributed by atoms with Crippen molar-refractivity contribution >= 4 is 69.1 Å². The van der Waals surface area contributed by atoms with Crippen molar-refractivity contribution in [2.24, 2.45) is 5.92 Å². The summed E-state index contributed by atoms with van der Waals surface area (Å²) >= 11 is 0. The van der Waals surface area contributed by atoms with Crippen molar-refractivity contribution < 1.29 is 71.1 Å². The van der Waals surface area contributed by atoms with Crippen LogP contribution in [0.15, 0.2) is 97.1 Å². The monoisotopic (exact) mass is 1610 g/mol. The molecule has 626 valence electrons. The van der Waals surface area contributed by atoms with E-state index in [1.54, 1.807) is 0 Å². The van der Waals surface area contributed by atoms with Crippen LogP contribution in [0.1, 0.15) is 155 Å². The molecule has 2 aromatic carbocycles. The van der Waals surface area contributed by atoms with E-state index in [1.807, 2.05) is 160 Å². The van der Waals surface area contributed by atoms with Crippen molar-refractivity contribution in [1.82, 2.24) is 84.7 Å². The summed E-state index contributed by atoms with van der Waals surface area (Å²) in [6.45, 7) is 16.6. The summed E-state index contributed by atoms with van der Waals surface area (Å²) in [5, 5.41) is 35.6. The second-order valence-corrected chi connectivity index (χ2v) is 31.1. The molecule has 3 saturated carbocycles. The van der Waals surface area contributed by atoms with Crippen LogP contribution in [-0.4, -0.2) is 252 Å². The van der Waals surface area contributed by atoms with Crippen LogP contribution < -0.4 is 16.0 Å². The van der Waals surface area contributed by atoms with Gasteiger partial charge in [0.25, 0.3) is 17.7 Å². The number of hydrogen-bond acceptors (Lipinski definition) is 21. The van der Waals surface area contributed by atoms with Gasteiger partial charge in [-0.2, -0.15) is 15.3 Å². The average molecular weight is 1610 g/mol. The molecule has 0 unspecified atom stereocenters. The molecule has 116 heavy (non-hydrogen) atoms. The van der Waals surface area contributed by atoms with Gasteiger partial charge in [-0.25, -0.2) is 47.8 Å². The molecule has 9 atom stereocenters. The summed E-state index contributed by atoms with van der Waals surface area (Å²) in [6, 6.07) is 31.0. The number of aliphatic hydroxyl groups excluding tert-OH is 1. The Morgan fingerprint density at radius 2 is 0.810 bits per heavy atom. The number of aromatic nitrogens is 9. The number of carbonyl (C=O) groups is 6. The van der Waals surface area contributed by atoms with Crippen LogP contribution in [0.5, 0.6) is 0 Å². The van der Waals surface area contributed by atoms with Crippen LogP contribution in [0.3, 0.4) is 0 Å². The zero-order valence-corrected chi connectivity index (χ0v) is 68.1. The summed E-state index contributed by atoms with van der Waals surface area (Å²) in [5.74, 6) is -0.268. The number of alkyl halides is 2. The van der Waals surface area contributed by atoms with E-state index in [0.717, 1.165) is 117 Å². The summed E-state index contributed by atoms with van der Waals surface area (Å²) in [4.78, 5) is 100. The molecule has 0 bridgehead atoms. The molecular formula is C84H113F2N17O13. The highest BCUT2D eigenvalue weighted by atomic mass is 19.1. The first kappa shape index (κ1) is 85.5. The predicted molar refractivity (Wildman–Crippen MR) is 429 cm³/mol. The van der Waals surface area contributed by atoms with Crippen LogP contribution in [0, 0.1) is 26.7 Å². The Labute approximate surface area is 675 Å². The highest BCUT2D eigenvalue weighted by Gasteiger charge is 2.47. The lowest BCUT2D eigenvalue weighted by atomic mass is 9.98. The molecule has 0 spiro atoms. The van der Waals surface area contributed by atoms with E-state index in [4.69, 9.17) is 44.5 Å². The van der Waals surface area contributed by atoms with Gasteiger partial charge in [0.2, 0.25) is 0 Å². The van der Waals surface area contributed by atoms with Gasteiger partial charge in [-0.3, -0.25) is 28.6 Å². The van der Waals surface area contributed by atoms with E-state index in [2.05, 4.69) is 47.2 Å². The minimum atomic E-state index is -0.678. The number of hydrogen-bond donors (Lipinski definition) is 4. The van der Waals surface area contributed by atoms with E-state index in [-0.39, 0.29) is 85.2 Å². The Hall–Kier alpha value is -9.86. The molecule has 14 rings (SSSR count). The minimum Gasteiger partial charge on any atom is -0.453 e. The third-order valence-electron chi connectivity index (χ3n) is 22.4. The maximum atomic E-state index is 14.1. The molecule has 0 radical (unpaired) electrons. The zero-order valence-electron chi connectivity index (χ0n) is 68.1. The van der Waals surface area contributed by atoms with Gasteiger partial charge in [-0.05, 0) is 160 Å². The number of alkyl carbamates (subject to hydrolysis) is 3. The number of morpholine rings is 2. The van der Waals surface area contributed by atoms with Crippen LogP contribution in [0.2, 0.25) is 0 Å². The molecule has 8 aromatic rings. The van der Waals surface area contributed by atoms with Gasteiger partial charge >= 0.3 is 18.3 Å². The smallest absolute Gasteiger partial charge is 0.406 e. The number of nitrogens with zero attached hydrogens (tertiary/aromatic N) is 14. The molecule has 3 aliphatic heterocycles. The molecule has 6 amide bonds. The topological polar surface area (TPSA) is 322 Å². The Kier molecular flexibility index (Phi) is 29.7. The van der Waals surface area contributed by atoms with Crippen molar-refractivity contribution in [3.8, 4) is 0 Å². The van der Waals surface area contributed by atoms with Crippen LogP contribution >= 0.6 is 0 Å². The van der Waals surface area contributed by atoms with Crippen LogP contribution in [0.25, 0.3) is 33.1 Å². The number of aliphatic hydroxyl groups is 1. The second-order valence-electron chi connectivity index (χ2n) is 31.1. The third kappa shape index (κ3) is 21.5. The number of nitrogens with one attached hydrogen (secondary N) is 3. The molecule has 9 heterocycles. The van der Waals surface area contributed by atoms with E-state index >= 15 is 0 Å². The lowest BCUT2D eigenvalue weighted by Gasteiger charge is -2.40. The Morgan fingerprint density at radius 1 is 0.466 bits per heavy atom. The average Bonchev–Trinajstić information content (AvgIpc) is 1.60. The summed E-state index contributed by atoms with van der Waals surface area (Å²) < 4.78 is 64.2. The lowest BCUT2D eigenvalue weighted by Crippen LogP contribution is -2.56. The fourth-order valence-electron chi connectivity index (χ4n) is 15.6. The van der Waals surface area contributed by atoms with Gasteiger partial charge < -0.3 is 64.2 Å². The first-order valence-electron chi connectivity index (χ1n) is 40.8. The molecule has 30 nitrogen and oxygen atoms in total. The first-order chi connectivity index (χ1) is 56.2. The van der Waals surface area contributed by atoms with Gasteiger partial charge in [0.05, 0.1) is 102 Å². The second kappa shape index (κ2) is 40.3. The molecule has 4 N–H and O–H groups in total. The Balaban J connectivity index is 0.000000161. The maximum absolute atomic E-state index is 14.1. The van der Waals surface area contributed by atoms with E-state index in [0.29, 0.717) is 111 Å². The Bertz CT molecular complexity index is 4410. The number of carbonyl (C=O) groups excluding carboxylic acids is 6. The van der Waals surface area contributed by atoms with Crippen LogP contribution in [-0.2, 0) is 75.5 Å². The number of amides is 6. The normalized spacial score (nSPS) is 20.4. The van der Waals surface area contributed by atoms with Crippen LogP contribution in [0.4, 0.5) is 23.2 Å². The third-order valence-corrected chi connectivity index (χ3v) is 22.4. The van der Waals surface area contributed by atoms with Crippen molar-refractivity contribution in [3.05, 3.63) is 142 Å². The molecular weight excluding hydrogens is 1490 g/mol. The molecule has 32 heteroatoms. The molecule has 3 saturated heterocycles. The predicted octanol–water partition coefficient (Wildman–Crippen LogP) is 9.88. The zero-order chi connectivity index (χ0) is 82.1. The van der Waals surface area contributed by atoms with Crippen molar-refractivity contribution in [2.75, 3.05) is 93.8 Å². The van der Waals surface area contributed by atoms with Gasteiger partial charge in [-0.15, -0.1) is 0 Å². The van der Waals surface area contributed by atoms with Gasteiger partial charge in [0.15, 0.2) is 16.9 Å². The molecule has 6 fully saturated rings. The number of benzene rings is 2. The Morgan fingerprint density at radius 3 is 1.13 bits per heavy atom. The van der Waals surface area contributed by atoms with Gasteiger partial charge in [0, 0.05) is 123 Å². The summed E-state index contributed by atoms with van der Waals surface area (Å²) in [7, 11) is 4.01. The van der Waals surface area contributed by atoms with Crippen molar-refractivity contribution in [3.63, 3.8) is 0 Å². The number of halogens is 2. The number of fused-ring (bicyclic) bond motifs is 3. The molecule has 6 aromatic heterocycles. The fraction of sp³-hybridized carbons (Fsp3) is 0.571. The standard InChI is InChI=1S/C30H39FN6O4.C30H40N6O5.C24H34FN5O4/c1-20-10-13-25-27(34-36(28(25)33-20)15-7-14-32-30(39)40-3)21(2)37(23-11-12-23)29(38)26-18-35(24(16-31)19-41-26)17-22-8-5-4-6-9-22;1-20-10-13-25-27(33-35(28(25)32-20)15-7-14-31-30(39)40-3)21(2)36(23-11-12-23)29(38)26-17-34(24(18-37)19-41-26)16-22-8-5-4-6-9-22;1-15-5-9-19-21(28-29(22(19)27-15)12-4-11-26-24(32)33-3)16(2)30(18-7-8-18)23(31)20-10-6-17(13-25)14-34-20/h4-6,8-10,13,21,23-24,26H,7,11-12,14-19H2,1-3H3,(H,32,39);4-6,8-10,13,21,23-24,26,37H,7,11-12,14-19H2,1-3H3,(H,31,39);5,9,16-18,20H,4,6-8,10-14H2,1-3H3,(H,26,32)/t2*21-,24+,26-;16-,17+,20-/m111/s1. The quantitative estimate of drug-likeness (QED) is 0.0232. The van der Waals surface area contributed by atoms with Gasteiger partial charge in [0.1, 0.15) is 25.0 Å². The van der Waals surface area contributed by atoms with E-state index in [9.17, 15) is 42.7 Å². The maximum Gasteiger partial charge on any atom is 0.406 e. The highest BCUT2D eigenvalue weighted by Crippen LogP contribution is 2.42. The first-order valence-corrected chi connectivity index (χ1v) is 40.8. The highest BCUT2D eigenvalue weighted by molar-refractivity contribution is 5.87. The largest absolute Gasteiger partial charge is 0.453 e. The van der Waals surface area contributed by atoms with Gasteiger partial charge in [-0.1, -0.05) is 60.7 Å². The minimum absolute atomic E-state index is 0.0263. The molecule has 6 aliphatic rings. The fourth-order valence-corrected chi connectivity index (χ4v) is 15.6.